The van der Waals surface area contributed by atoms with Crippen LogP contribution in [0.25, 0.3) is 43.6 Å². The Kier molecular flexibility index (Phi) is 3.14. The third-order valence-electron chi connectivity index (χ3n) is 4.73. The summed E-state index contributed by atoms with van der Waals surface area (Å²) in [7, 11) is 1.99. The number of nitrogens with two attached hydrogens (primary N) is 1. The Hall–Kier alpha value is -3.19. The molecule has 5 aromatic heterocycles. The van der Waals surface area contributed by atoms with Crippen LogP contribution in [0.15, 0.2) is 46.7 Å². The largest absolute Gasteiger partial charge is 0.452 e. The van der Waals surface area contributed by atoms with Gasteiger partial charge >= 0.3 is 0 Å². The monoisotopic (exact) mass is 361 g/mol. The lowest BCUT2D eigenvalue weighted by Crippen LogP contribution is -1.96. The Labute approximate surface area is 152 Å². The first-order valence-electron chi connectivity index (χ1n) is 8.12. The fraction of sp³-hybridized carbons (Fsp3) is 0.105. The molecule has 0 saturated heterocycles. The van der Waals surface area contributed by atoms with Crippen molar-refractivity contribution in [3.8, 4) is 22.6 Å². The van der Waals surface area contributed by atoms with Crippen LogP contribution >= 0.6 is 11.3 Å². The smallest absolute Gasteiger partial charge is 0.177 e. The first kappa shape index (κ1) is 15.1. The fourth-order valence-corrected chi connectivity index (χ4v) is 4.12. The predicted octanol–water partition coefficient (Wildman–Crippen LogP) is 4.40. The van der Waals surface area contributed by atoms with Crippen LogP contribution < -0.4 is 5.73 Å². The summed E-state index contributed by atoms with van der Waals surface area (Å²) in [5.74, 6) is 2.09. The third kappa shape index (κ3) is 2.07. The number of hydrogen-bond donors (Lipinski definition) is 1. The van der Waals surface area contributed by atoms with Gasteiger partial charge in [-0.25, -0.2) is 9.97 Å². The van der Waals surface area contributed by atoms with Gasteiger partial charge in [0.1, 0.15) is 11.6 Å². The standard InChI is InChI=1S/C19H15N5OS/c1-10-22-7-15(24(10)2)13-6-23-19(20)18-12(13)5-16(25-18)14-9-26-17-8-21-4-3-11(14)17/h3-9H,1-2H3,(H2,20,23). The highest BCUT2D eigenvalue weighted by Gasteiger charge is 2.18. The molecule has 6 nitrogen and oxygen atoms in total. The van der Waals surface area contributed by atoms with Crippen LogP contribution in [0, 0.1) is 6.92 Å². The Morgan fingerprint density at radius 3 is 2.81 bits per heavy atom. The van der Waals surface area contributed by atoms with E-state index in [0.29, 0.717) is 11.4 Å². The molecule has 5 rings (SSSR count). The Balaban J connectivity index is 1.78. The molecule has 2 N–H and O–H groups in total. The molecule has 5 aromatic rings. The molecule has 0 fully saturated rings. The maximum atomic E-state index is 6.13. The molecule has 0 amide bonds. The first-order valence-corrected chi connectivity index (χ1v) is 8.99. The predicted molar refractivity (Wildman–Crippen MR) is 104 cm³/mol. The van der Waals surface area contributed by atoms with Gasteiger partial charge in [-0.15, -0.1) is 11.3 Å². The molecule has 0 unspecified atom stereocenters. The first-order chi connectivity index (χ1) is 12.6. The van der Waals surface area contributed by atoms with Gasteiger partial charge in [-0.05, 0) is 19.1 Å². The van der Waals surface area contributed by atoms with Crippen molar-refractivity contribution in [3.05, 3.63) is 48.1 Å². The summed E-state index contributed by atoms with van der Waals surface area (Å²) >= 11 is 1.65. The molecule has 0 aliphatic carbocycles. The molecule has 0 aliphatic heterocycles. The number of fused-ring (bicyclic) bond motifs is 2. The number of thiophene rings is 1. The molecule has 0 aliphatic rings. The SMILES string of the molecule is Cc1ncc(-c2cnc(N)c3oc(-c4csc5cnccc45)cc23)n1C. The molecule has 7 heteroatoms. The van der Waals surface area contributed by atoms with Crippen molar-refractivity contribution in [2.75, 3.05) is 5.73 Å². The van der Waals surface area contributed by atoms with Crippen molar-refractivity contribution >= 4 is 38.2 Å². The third-order valence-corrected chi connectivity index (χ3v) is 5.66. The van der Waals surface area contributed by atoms with Gasteiger partial charge in [-0.2, -0.15) is 0 Å². The van der Waals surface area contributed by atoms with Crippen molar-refractivity contribution in [1.29, 1.82) is 0 Å². The Morgan fingerprint density at radius 2 is 2.00 bits per heavy atom. The number of imidazole rings is 1. The van der Waals surface area contributed by atoms with Crippen molar-refractivity contribution in [3.63, 3.8) is 0 Å². The average molecular weight is 361 g/mol. The second-order valence-electron chi connectivity index (χ2n) is 6.18. The van der Waals surface area contributed by atoms with Crippen molar-refractivity contribution in [2.45, 2.75) is 6.92 Å². The van der Waals surface area contributed by atoms with E-state index in [1.807, 2.05) is 43.1 Å². The minimum absolute atomic E-state index is 0.384. The molecule has 0 bridgehead atoms. The number of anilines is 1. The van der Waals surface area contributed by atoms with Crippen molar-refractivity contribution in [2.24, 2.45) is 7.05 Å². The van der Waals surface area contributed by atoms with Crippen LogP contribution in [-0.4, -0.2) is 19.5 Å². The number of nitrogen functional groups attached to an aromatic ring is 1. The average Bonchev–Trinajstić information content (AvgIpc) is 3.34. The summed E-state index contributed by atoms with van der Waals surface area (Å²) in [6.45, 7) is 1.97. The maximum absolute atomic E-state index is 6.13. The zero-order valence-corrected chi connectivity index (χ0v) is 15.0. The second-order valence-corrected chi connectivity index (χ2v) is 7.09. The molecule has 128 valence electrons. The molecular formula is C19H15N5OS. The van der Waals surface area contributed by atoms with Gasteiger partial charge in [0.25, 0.3) is 0 Å². The minimum atomic E-state index is 0.384. The van der Waals surface area contributed by atoms with E-state index < -0.39 is 0 Å². The fourth-order valence-electron chi connectivity index (χ4n) is 3.21. The number of hydrogen-bond acceptors (Lipinski definition) is 6. The van der Waals surface area contributed by atoms with E-state index in [0.717, 1.165) is 43.9 Å². The van der Waals surface area contributed by atoms with Gasteiger partial charge in [-0.3, -0.25) is 4.98 Å². The van der Waals surface area contributed by atoms with Crippen LogP contribution in [0.1, 0.15) is 5.82 Å². The van der Waals surface area contributed by atoms with Gasteiger partial charge in [0.05, 0.1) is 16.6 Å². The van der Waals surface area contributed by atoms with Gasteiger partial charge in [0, 0.05) is 52.9 Å². The summed E-state index contributed by atoms with van der Waals surface area (Å²) in [6.07, 6.45) is 7.29. The molecule has 0 spiro atoms. The molecule has 0 radical (unpaired) electrons. The van der Waals surface area contributed by atoms with Gasteiger partial charge in [0.15, 0.2) is 11.4 Å². The highest BCUT2D eigenvalue weighted by atomic mass is 32.1. The summed E-state index contributed by atoms with van der Waals surface area (Å²) < 4.78 is 9.28. The lowest BCUT2D eigenvalue weighted by Gasteiger charge is -2.05. The number of pyridine rings is 2. The maximum Gasteiger partial charge on any atom is 0.177 e. The van der Waals surface area contributed by atoms with Gasteiger partial charge in [0.2, 0.25) is 0 Å². The zero-order chi connectivity index (χ0) is 17.8. The lowest BCUT2D eigenvalue weighted by atomic mass is 10.1. The van der Waals surface area contributed by atoms with E-state index in [1.54, 1.807) is 23.7 Å². The van der Waals surface area contributed by atoms with Crippen LogP contribution in [0.3, 0.4) is 0 Å². The van der Waals surface area contributed by atoms with Gasteiger partial charge < -0.3 is 14.7 Å². The number of furan rings is 1. The Bertz CT molecular complexity index is 1280. The number of nitrogens with zero attached hydrogens (tertiary/aromatic N) is 4. The molecule has 0 atom stereocenters. The molecule has 5 heterocycles. The van der Waals surface area contributed by atoms with E-state index in [9.17, 15) is 0 Å². The summed E-state index contributed by atoms with van der Waals surface area (Å²) in [4.78, 5) is 12.9. The second kappa shape index (κ2) is 5.40. The minimum Gasteiger partial charge on any atom is -0.452 e. The summed E-state index contributed by atoms with van der Waals surface area (Å²) in [5.41, 5.74) is 9.66. The number of rotatable bonds is 2. The van der Waals surface area contributed by atoms with E-state index in [4.69, 9.17) is 10.2 Å². The van der Waals surface area contributed by atoms with E-state index in [2.05, 4.69) is 20.3 Å². The molecule has 26 heavy (non-hydrogen) atoms. The normalized spacial score (nSPS) is 11.6. The van der Waals surface area contributed by atoms with Crippen LogP contribution in [0.5, 0.6) is 0 Å². The number of aryl methyl sites for hydroxylation is 1. The van der Waals surface area contributed by atoms with Crippen molar-refractivity contribution < 1.29 is 4.42 Å². The van der Waals surface area contributed by atoms with Gasteiger partial charge in [-0.1, -0.05) is 0 Å². The lowest BCUT2D eigenvalue weighted by molar-refractivity contribution is 0.632. The van der Waals surface area contributed by atoms with Crippen molar-refractivity contribution in [1.82, 2.24) is 19.5 Å². The highest BCUT2D eigenvalue weighted by molar-refractivity contribution is 7.17. The summed E-state index contributed by atoms with van der Waals surface area (Å²) in [6, 6.07) is 4.04. The molecule has 0 aromatic carbocycles. The molecule has 0 saturated carbocycles. The van der Waals surface area contributed by atoms with Crippen LogP contribution in [0.2, 0.25) is 0 Å². The van der Waals surface area contributed by atoms with Crippen LogP contribution in [-0.2, 0) is 7.05 Å². The summed E-state index contributed by atoms with van der Waals surface area (Å²) in [5, 5.41) is 4.14. The van der Waals surface area contributed by atoms with E-state index in [1.165, 1.54) is 0 Å². The van der Waals surface area contributed by atoms with E-state index in [-0.39, 0.29) is 0 Å². The quantitative estimate of drug-likeness (QED) is 0.504. The highest BCUT2D eigenvalue weighted by Crippen LogP contribution is 2.40. The van der Waals surface area contributed by atoms with Crippen LogP contribution in [0.4, 0.5) is 5.82 Å². The zero-order valence-electron chi connectivity index (χ0n) is 14.2. The molecular weight excluding hydrogens is 346 g/mol. The van der Waals surface area contributed by atoms with E-state index >= 15 is 0 Å². The number of aromatic nitrogens is 4. The Morgan fingerprint density at radius 1 is 1.12 bits per heavy atom. The topological polar surface area (TPSA) is 82.8 Å².